The second kappa shape index (κ2) is 8.97. The molecule has 3 rings (SSSR count). The highest BCUT2D eigenvalue weighted by Crippen LogP contribution is 2.37. The van der Waals surface area contributed by atoms with Gasteiger partial charge in [-0.1, -0.05) is 30.7 Å². The van der Waals surface area contributed by atoms with Gasteiger partial charge in [-0.15, -0.1) is 5.10 Å². The molecule has 1 aromatic carbocycles. The van der Waals surface area contributed by atoms with Gasteiger partial charge in [0.15, 0.2) is 5.69 Å². The Labute approximate surface area is 168 Å². The summed E-state index contributed by atoms with van der Waals surface area (Å²) in [5, 5.41) is 8.42. The molecule has 158 valence electrons. The van der Waals surface area contributed by atoms with Gasteiger partial charge in [-0.2, -0.15) is 13.2 Å². The number of benzene rings is 1. The molecular formula is C21H26F3N3O2. The van der Waals surface area contributed by atoms with Crippen LogP contribution in [0.1, 0.15) is 79.2 Å². The number of rotatable bonds is 6. The SMILES string of the molecule is CCOC(=O)c1c(C2CCC(CC)CC2)nnn1Cc1ccc(C(F)(F)F)cc1. The van der Waals surface area contributed by atoms with Crippen molar-refractivity contribution in [1.82, 2.24) is 15.0 Å². The molecule has 2 aromatic rings. The Hall–Kier alpha value is -2.38. The smallest absolute Gasteiger partial charge is 0.416 e. The third-order valence-corrected chi connectivity index (χ3v) is 5.65. The van der Waals surface area contributed by atoms with E-state index in [1.165, 1.54) is 16.8 Å². The number of hydrogen-bond donors (Lipinski definition) is 0. The second-order valence-corrected chi connectivity index (χ2v) is 7.52. The molecule has 1 aromatic heterocycles. The fraction of sp³-hybridized carbons (Fsp3) is 0.571. The molecule has 0 spiro atoms. The third kappa shape index (κ3) is 4.97. The lowest BCUT2D eigenvalue weighted by atomic mass is 9.79. The van der Waals surface area contributed by atoms with Gasteiger partial charge in [0, 0.05) is 5.92 Å². The first-order valence-corrected chi connectivity index (χ1v) is 10.1. The Morgan fingerprint density at radius 2 is 1.79 bits per heavy atom. The molecule has 0 bridgehead atoms. The fourth-order valence-corrected chi connectivity index (χ4v) is 3.94. The molecule has 8 heteroatoms. The van der Waals surface area contributed by atoms with Crippen molar-refractivity contribution in [2.45, 2.75) is 64.6 Å². The highest BCUT2D eigenvalue weighted by Gasteiger charge is 2.32. The van der Waals surface area contributed by atoms with E-state index in [1.54, 1.807) is 6.92 Å². The van der Waals surface area contributed by atoms with Gasteiger partial charge < -0.3 is 4.74 Å². The van der Waals surface area contributed by atoms with Crippen LogP contribution in [-0.2, 0) is 17.5 Å². The summed E-state index contributed by atoms with van der Waals surface area (Å²) in [5.41, 5.74) is 0.852. The van der Waals surface area contributed by atoms with Crippen LogP contribution in [0, 0.1) is 5.92 Å². The minimum Gasteiger partial charge on any atom is -0.461 e. The lowest BCUT2D eigenvalue weighted by Gasteiger charge is -2.26. The minimum atomic E-state index is -4.38. The van der Waals surface area contributed by atoms with E-state index >= 15 is 0 Å². The summed E-state index contributed by atoms with van der Waals surface area (Å²) in [6.07, 6.45) is 0.850. The summed E-state index contributed by atoms with van der Waals surface area (Å²) < 4.78 is 45.0. The number of nitrogens with zero attached hydrogens (tertiary/aromatic N) is 3. The first-order chi connectivity index (χ1) is 13.8. The van der Waals surface area contributed by atoms with Crippen LogP contribution in [0.5, 0.6) is 0 Å². The van der Waals surface area contributed by atoms with Crippen molar-refractivity contribution >= 4 is 5.97 Å². The Bertz CT molecular complexity index is 823. The lowest BCUT2D eigenvalue weighted by molar-refractivity contribution is -0.137. The van der Waals surface area contributed by atoms with Gasteiger partial charge in [-0.25, -0.2) is 9.48 Å². The summed E-state index contributed by atoms with van der Waals surface area (Å²) in [6, 6.07) is 4.85. The number of alkyl halides is 3. The number of carbonyl (C=O) groups is 1. The molecule has 1 fully saturated rings. The molecule has 0 atom stereocenters. The number of halogens is 3. The monoisotopic (exact) mass is 409 g/mol. The Morgan fingerprint density at radius 3 is 2.34 bits per heavy atom. The third-order valence-electron chi connectivity index (χ3n) is 5.65. The number of aromatic nitrogens is 3. The second-order valence-electron chi connectivity index (χ2n) is 7.52. The largest absolute Gasteiger partial charge is 0.461 e. The van der Waals surface area contributed by atoms with E-state index in [2.05, 4.69) is 17.2 Å². The first kappa shape index (κ1) is 21.3. The standard InChI is InChI=1S/C21H26F3N3O2/c1-3-14-5-9-16(10-6-14)18-19(20(28)29-4-2)27(26-25-18)13-15-7-11-17(12-8-15)21(22,23)24/h7-8,11-12,14,16H,3-6,9-10,13H2,1-2H3. The molecule has 0 radical (unpaired) electrons. The topological polar surface area (TPSA) is 57.0 Å². The minimum absolute atomic E-state index is 0.151. The Kier molecular flexibility index (Phi) is 6.59. The molecule has 0 aliphatic heterocycles. The number of carbonyl (C=O) groups excluding carboxylic acids is 1. The van der Waals surface area contributed by atoms with Crippen LogP contribution in [0.2, 0.25) is 0 Å². The summed E-state index contributed by atoms with van der Waals surface area (Å²) in [4.78, 5) is 12.6. The highest BCUT2D eigenvalue weighted by molar-refractivity contribution is 5.88. The van der Waals surface area contributed by atoms with Gasteiger partial charge in [0.05, 0.1) is 18.7 Å². The normalized spacial score (nSPS) is 19.9. The predicted molar refractivity (Wildman–Crippen MR) is 102 cm³/mol. The highest BCUT2D eigenvalue weighted by atomic mass is 19.4. The molecule has 29 heavy (non-hydrogen) atoms. The van der Waals surface area contributed by atoms with Crippen molar-refractivity contribution in [3.63, 3.8) is 0 Å². The molecule has 1 saturated carbocycles. The molecule has 1 aliphatic rings. The maximum Gasteiger partial charge on any atom is 0.416 e. The van der Waals surface area contributed by atoms with Gasteiger partial charge in [0.25, 0.3) is 0 Å². The molecule has 5 nitrogen and oxygen atoms in total. The van der Waals surface area contributed by atoms with Crippen LogP contribution >= 0.6 is 0 Å². The predicted octanol–water partition coefficient (Wildman–Crippen LogP) is 5.21. The maximum atomic E-state index is 12.8. The summed E-state index contributed by atoms with van der Waals surface area (Å²) in [7, 11) is 0. The van der Waals surface area contributed by atoms with Gasteiger partial charge in [0.2, 0.25) is 0 Å². The van der Waals surface area contributed by atoms with E-state index in [0.29, 0.717) is 22.9 Å². The van der Waals surface area contributed by atoms with Crippen molar-refractivity contribution < 1.29 is 22.7 Å². The molecule has 0 saturated heterocycles. The molecule has 1 aliphatic carbocycles. The zero-order valence-corrected chi connectivity index (χ0v) is 16.7. The van der Waals surface area contributed by atoms with E-state index in [4.69, 9.17) is 4.74 Å². The number of esters is 1. The molecule has 1 heterocycles. The zero-order valence-electron chi connectivity index (χ0n) is 16.7. The van der Waals surface area contributed by atoms with Crippen LogP contribution < -0.4 is 0 Å². The van der Waals surface area contributed by atoms with Crippen LogP contribution in [0.3, 0.4) is 0 Å². The van der Waals surface area contributed by atoms with Crippen LogP contribution in [-0.4, -0.2) is 27.6 Å². The average Bonchev–Trinajstić information content (AvgIpc) is 3.11. The lowest BCUT2D eigenvalue weighted by Crippen LogP contribution is -2.19. The van der Waals surface area contributed by atoms with Crippen molar-refractivity contribution in [2.75, 3.05) is 6.61 Å². The summed E-state index contributed by atoms with van der Waals surface area (Å²) in [6.45, 7) is 4.30. The summed E-state index contributed by atoms with van der Waals surface area (Å²) in [5.74, 6) is 0.370. The number of hydrogen-bond acceptors (Lipinski definition) is 4. The Morgan fingerprint density at radius 1 is 1.14 bits per heavy atom. The molecule has 0 amide bonds. The maximum absolute atomic E-state index is 12.8. The van der Waals surface area contributed by atoms with E-state index in [0.717, 1.165) is 44.2 Å². The fourth-order valence-electron chi connectivity index (χ4n) is 3.94. The van der Waals surface area contributed by atoms with Crippen molar-refractivity contribution in [1.29, 1.82) is 0 Å². The number of ether oxygens (including phenoxy) is 1. The summed E-state index contributed by atoms with van der Waals surface area (Å²) >= 11 is 0. The first-order valence-electron chi connectivity index (χ1n) is 10.1. The average molecular weight is 409 g/mol. The van der Waals surface area contributed by atoms with Crippen LogP contribution in [0.15, 0.2) is 24.3 Å². The van der Waals surface area contributed by atoms with Crippen molar-refractivity contribution in [3.8, 4) is 0 Å². The van der Waals surface area contributed by atoms with Gasteiger partial charge >= 0.3 is 12.1 Å². The van der Waals surface area contributed by atoms with E-state index in [1.807, 2.05) is 0 Å². The zero-order chi connectivity index (χ0) is 21.0. The van der Waals surface area contributed by atoms with E-state index in [9.17, 15) is 18.0 Å². The van der Waals surface area contributed by atoms with E-state index in [-0.39, 0.29) is 19.1 Å². The molecular weight excluding hydrogens is 383 g/mol. The van der Waals surface area contributed by atoms with Crippen LogP contribution in [0.25, 0.3) is 0 Å². The quantitative estimate of drug-likeness (QED) is 0.615. The van der Waals surface area contributed by atoms with E-state index < -0.39 is 17.7 Å². The van der Waals surface area contributed by atoms with Gasteiger partial charge in [-0.05, 0) is 56.2 Å². The van der Waals surface area contributed by atoms with Gasteiger partial charge in [0.1, 0.15) is 5.69 Å². The van der Waals surface area contributed by atoms with Crippen molar-refractivity contribution in [3.05, 3.63) is 46.8 Å². The van der Waals surface area contributed by atoms with Crippen LogP contribution in [0.4, 0.5) is 13.2 Å². The molecule has 0 unspecified atom stereocenters. The Balaban J connectivity index is 1.85. The van der Waals surface area contributed by atoms with Gasteiger partial charge in [-0.3, -0.25) is 0 Å². The molecule has 0 N–H and O–H groups in total. The van der Waals surface area contributed by atoms with Crippen molar-refractivity contribution in [2.24, 2.45) is 5.92 Å².